The van der Waals surface area contributed by atoms with Gasteiger partial charge < -0.3 is 11.1 Å². The highest BCUT2D eigenvalue weighted by Crippen LogP contribution is 2.33. The number of aromatic nitrogens is 2. The summed E-state index contributed by atoms with van der Waals surface area (Å²) >= 11 is 12.3. The summed E-state index contributed by atoms with van der Waals surface area (Å²) in [7, 11) is 0. The van der Waals surface area contributed by atoms with Crippen LogP contribution in [0.15, 0.2) is 24.3 Å². The second kappa shape index (κ2) is 5.09. The lowest BCUT2D eigenvalue weighted by atomic mass is 10.1. The molecular weight excluding hydrogens is 311 g/mol. The number of anilines is 1. The number of aryl methyl sites for hydroxylation is 1. The average Bonchev–Trinajstić information content (AvgIpc) is 2.77. The van der Waals surface area contributed by atoms with Crippen molar-refractivity contribution < 1.29 is 4.79 Å². The Labute approximate surface area is 131 Å². The van der Waals surface area contributed by atoms with Gasteiger partial charge in [0.2, 0.25) is 0 Å². The number of primary amides is 1. The van der Waals surface area contributed by atoms with Gasteiger partial charge in [0.1, 0.15) is 11.4 Å². The number of fused-ring (bicyclic) bond motifs is 1. The van der Waals surface area contributed by atoms with Crippen LogP contribution in [-0.2, 0) is 0 Å². The van der Waals surface area contributed by atoms with Gasteiger partial charge in [-0.1, -0.05) is 23.2 Å². The summed E-state index contributed by atoms with van der Waals surface area (Å²) in [4.78, 5) is 11.6. The van der Waals surface area contributed by atoms with Gasteiger partial charge in [-0.3, -0.25) is 4.79 Å². The van der Waals surface area contributed by atoms with Crippen molar-refractivity contribution in [2.45, 2.75) is 6.92 Å². The van der Waals surface area contributed by atoms with Gasteiger partial charge >= 0.3 is 0 Å². The summed E-state index contributed by atoms with van der Waals surface area (Å²) in [5, 5.41) is 8.64. The number of rotatable bonds is 2. The minimum Gasteiger partial charge on any atom is -0.366 e. The van der Waals surface area contributed by atoms with Crippen molar-refractivity contribution in [3.63, 3.8) is 0 Å². The number of benzene rings is 1. The Bertz CT molecular complexity index is 780. The van der Waals surface area contributed by atoms with Gasteiger partial charge in [-0.05, 0) is 31.2 Å². The predicted octanol–water partition coefficient (Wildman–Crippen LogP) is 2.91. The average molecular weight is 323 g/mol. The Morgan fingerprint density at radius 1 is 1.43 bits per heavy atom. The van der Waals surface area contributed by atoms with E-state index in [4.69, 9.17) is 28.9 Å². The fourth-order valence-electron chi connectivity index (χ4n) is 2.41. The minimum absolute atomic E-state index is 0.388. The molecule has 1 amide bonds. The summed E-state index contributed by atoms with van der Waals surface area (Å²) < 4.78 is 1.64. The van der Waals surface area contributed by atoms with Crippen LogP contribution in [0.25, 0.3) is 5.70 Å². The number of carbonyl (C=O) groups excluding carboxylic acids is 1. The lowest BCUT2D eigenvalue weighted by molar-refractivity contribution is 0.100. The van der Waals surface area contributed by atoms with Crippen LogP contribution in [0.5, 0.6) is 0 Å². The van der Waals surface area contributed by atoms with Crippen LogP contribution in [0.1, 0.15) is 21.6 Å². The van der Waals surface area contributed by atoms with E-state index >= 15 is 0 Å². The zero-order chi connectivity index (χ0) is 15.1. The molecule has 0 saturated heterocycles. The molecule has 0 aliphatic carbocycles. The molecule has 2 aromatic rings. The molecule has 0 fully saturated rings. The molecule has 1 aliphatic rings. The van der Waals surface area contributed by atoms with Crippen LogP contribution in [-0.4, -0.2) is 22.2 Å². The van der Waals surface area contributed by atoms with E-state index in [0.717, 1.165) is 11.3 Å². The summed E-state index contributed by atoms with van der Waals surface area (Å²) in [6, 6.07) is 5.22. The number of hydrogen-bond donors (Lipinski definition) is 2. The maximum atomic E-state index is 11.6. The van der Waals surface area contributed by atoms with Gasteiger partial charge in [-0.25, -0.2) is 4.68 Å². The first-order valence-corrected chi connectivity index (χ1v) is 7.04. The molecule has 7 heteroatoms. The number of amides is 1. The predicted molar refractivity (Wildman–Crippen MR) is 83.8 cm³/mol. The molecule has 0 unspecified atom stereocenters. The topological polar surface area (TPSA) is 72.9 Å². The molecule has 1 aliphatic heterocycles. The Morgan fingerprint density at radius 3 is 2.90 bits per heavy atom. The van der Waals surface area contributed by atoms with Crippen molar-refractivity contribution in [1.29, 1.82) is 0 Å². The van der Waals surface area contributed by atoms with Crippen LogP contribution >= 0.6 is 23.2 Å². The molecule has 108 valence electrons. The third-order valence-electron chi connectivity index (χ3n) is 3.30. The summed E-state index contributed by atoms with van der Waals surface area (Å²) in [5.74, 6) is 0.0632. The molecule has 0 spiro atoms. The lowest BCUT2D eigenvalue weighted by Crippen LogP contribution is -2.19. The van der Waals surface area contributed by atoms with E-state index in [1.54, 1.807) is 29.8 Å². The summed E-state index contributed by atoms with van der Waals surface area (Å²) in [6.45, 7) is 2.29. The fourth-order valence-corrected chi connectivity index (χ4v) is 2.79. The van der Waals surface area contributed by atoms with Crippen LogP contribution in [0.3, 0.4) is 0 Å². The summed E-state index contributed by atoms with van der Waals surface area (Å²) in [5.41, 5.74) is 7.90. The smallest absolute Gasteiger partial charge is 0.254 e. The van der Waals surface area contributed by atoms with E-state index < -0.39 is 5.91 Å². The van der Waals surface area contributed by atoms with Gasteiger partial charge in [-0.2, -0.15) is 5.10 Å². The van der Waals surface area contributed by atoms with Crippen molar-refractivity contribution in [2.24, 2.45) is 5.73 Å². The third-order valence-corrected chi connectivity index (χ3v) is 3.87. The lowest BCUT2D eigenvalue weighted by Gasteiger charge is -2.19. The molecule has 2 heterocycles. The van der Waals surface area contributed by atoms with E-state index in [1.807, 2.05) is 6.08 Å². The van der Waals surface area contributed by atoms with E-state index in [2.05, 4.69) is 10.4 Å². The molecule has 1 aromatic heterocycles. The van der Waals surface area contributed by atoms with Crippen molar-refractivity contribution in [3.8, 4) is 0 Å². The third kappa shape index (κ3) is 2.28. The molecule has 0 radical (unpaired) electrons. The van der Waals surface area contributed by atoms with E-state index in [1.165, 1.54) is 0 Å². The second-order valence-electron chi connectivity index (χ2n) is 4.68. The number of hydrogen-bond acceptors (Lipinski definition) is 3. The second-order valence-corrected chi connectivity index (χ2v) is 5.52. The Hall–Kier alpha value is -1.98. The van der Waals surface area contributed by atoms with Crippen LogP contribution in [0.4, 0.5) is 5.82 Å². The Balaban J connectivity index is 2.20. The standard InChI is InChI=1S/C14H12Cl2N4O/c1-7-12(13(17)21)14-18-5-4-11(20(14)19-7)9-6-8(15)2-3-10(9)16/h2-4,6,18H,5H2,1H3,(H2,17,21). The molecule has 0 saturated carbocycles. The Kier molecular flexibility index (Phi) is 3.39. The highest BCUT2D eigenvalue weighted by molar-refractivity contribution is 6.34. The Morgan fingerprint density at radius 2 is 2.19 bits per heavy atom. The first-order chi connectivity index (χ1) is 9.99. The monoisotopic (exact) mass is 322 g/mol. The first kappa shape index (κ1) is 14.0. The maximum Gasteiger partial charge on any atom is 0.254 e. The number of halogens is 2. The van der Waals surface area contributed by atoms with E-state index in [0.29, 0.717) is 33.7 Å². The van der Waals surface area contributed by atoms with Crippen LogP contribution < -0.4 is 11.1 Å². The molecule has 3 rings (SSSR count). The molecule has 21 heavy (non-hydrogen) atoms. The molecular formula is C14H12Cl2N4O. The van der Waals surface area contributed by atoms with Crippen LogP contribution in [0.2, 0.25) is 10.0 Å². The molecule has 1 aromatic carbocycles. The van der Waals surface area contributed by atoms with E-state index in [9.17, 15) is 4.79 Å². The largest absolute Gasteiger partial charge is 0.366 e. The SMILES string of the molecule is Cc1nn2c(c1C(N)=O)NCC=C2c1cc(Cl)ccc1Cl. The van der Waals surface area contributed by atoms with Gasteiger partial charge in [-0.15, -0.1) is 0 Å². The molecule has 3 N–H and O–H groups in total. The van der Waals surface area contributed by atoms with Crippen LogP contribution in [0, 0.1) is 6.92 Å². The molecule has 0 atom stereocenters. The normalized spacial score (nSPS) is 13.4. The zero-order valence-electron chi connectivity index (χ0n) is 11.2. The van der Waals surface area contributed by atoms with Gasteiger partial charge in [0.25, 0.3) is 5.91 Å². The van der Waals surface area contributed by atoms with Crippen molar-refractivity contribution >= 4 is 40.6 Å². The zero-order valence-corrected chi connectivity index (χ0v) is 12.7. The number of nitrogens with one attached hydrogen (secondary N) is 1. The first-order valence-electron chi connectivity index (χ1n) is 6.28. The number of nitrogens with two attached hydrogens (primary N) is 1. The molecule has 0 bridgehead atoms. The van der Waals surface area contributed by atoms with Gasteiger partial charge in [0.05, 0.1) is 16.4 Å². The number of nitrogens with zero attached hydrogens (tertiary/aromatic N) is 2. The van der Waals surface area contributed by atoms with Crippen molar-refractivity contribution in [1.82, 2.24) is 9.78 Å². The fraction of sp³-hybridized carbons (Fsp3) is 0.143. The van der Waals surface area contributed by atoms with Gasteiger partial charge in [0, 0.05) is 17.1 Å². The summed E-state index contributed by atoms with van der Waals surface area (Å²) in [6.07, 6.45) is 1.93. The molecule has 5 nitrogen and oxygen atoms in total. The number of carbonyl (C=O) groups is 1. The van der Waals surface area contributed by atoms with Crippen molar-refractivity contribution in [3.05, 3.63) is 51.1 Å². The highest BCUT2D eigenvalue weighted by atomic mass is 35.5. The minimum atomic E-state index is -0.514. The highest BCUT2D eigenvalue weighted by Gasteiger charge is 2.25. The van der Waals surface area contributed by atoms with Gasteiger partial charge in [0.15, 0.2) is 0 Å². The van der Waals surface area contributed by atoms with Crippen molar-refractivity contribution in [2.75, 3.05) is 11.9 Å². The maximum absolute atomic E-state index is 11.6. The van der Waals surface area contributed by atoms with E-state index in [-0.39, 0.29) is 0 Å². The quantitative estimate of drug-likeness (QED) is 0.892.